The highest BCUT2D eigenvalue weighted by atomic mass is 79.9. The van der Waals surface area contributed by atoms with Crippen LogP contribution in [0.4, 0.5) is 5.69 Å². The average Bonchev–Trinajstić information content (AvgIpc) is 2.30. The molecule has 1 rings (SSSR count). The van der Waals surface area contributed by atoms with Crippen molar-refractivity contribution in [3.8, 4) is 0 Å². The van der Waals surface area contributed by atoms with Crippen LogP contribution in [-0.2, 0) is 4.79 Å². The molecule has 1 aromatic rings. The predicted octanol–water partition coefficient (Wildman–Crippen LogP) is 3.53. The molecule has 0 aliphatic heterocycles. The van der Waals surface area contributed by atoms with Crippen molar-refractivity contribution in [1.82, 2.24) is 0 Å². The lowest BCUT2D eigenvalue weighted by Crippen LogP contribution is -2.16. The van der Waals surface area contributed by atoms with Gasteiger partial charge in [0.2, 0.25) is 5.91 Å². The summed E-state index contributed by atoms with van der Waals surface area (Å²) >= 11 is 6.77. The standard InChI is InChI=1S/C12H16Br2N2O/c1-8(7-15)2-5-12(17)16-11-6-9(13)3-4-10(11)14/h3-4,6,8H,2,5,7,15H2,1H3,(H,16,17). The van der Waals surface area contributed by atoms with Gasteiger partial charge in [-0.2, -0.15) is 0 Å². The number of hydrogen-bond donors (Lipinski definition) is 2. The fourth-order valence-electron chi connectivity index (χ4n) is 1.30. The molecular formula is C12H16Br2N2O. The third kappa shape index (κ3) is 5.19. The van der Waals surface area contributed by atoms with Crippen LogP contribution in [0.15, 0.2) is 27.1 Å². The van der Waals surface area contributed by atoms with E-state index in [2.05, 4.69) is 37.2 Å². The number of hydrogen-bond acceptors (Lipinski definition) is 2. The number of benzene rings is 1. The molecule has 0 aliphatic carbocycles. The Labute approximate surface area is 118 Å². The van der Waals surface area contributed by atoms with Crippen LogP contribution >= 0.6 is 31.9 Å². The summed E-state index contributed by atoms with van der Waals surface area (Å²) in [6.07, 6.45) is 1.31. The highest BCUT2D eigenvalue weighted by molar-refractivity contribution is 9.11. The molecule has 0 aliphatic rings. The molecule has 0 radical (unpaired) electrons. The fourth-order valence-corrected chi connectivity index (χ4v) is 2.01. The molecule has 0 saturated carbocycles. The Balaban J connectivity index is 2.53. The van der Waals surface area contributed by atoms with E-state index >= 15 is 0 Å². The van der Waals surface area contributed by atoms with Crippen molar-refractivity contribution in [3.05, 3.63) is 27.1 Å². The van der Waals surface area contributed by atoms with Crippen LogP contribution in [0.2, 0.25) is 0 Å². The first kappa shape index (κ1) is 14.7. The summed E-state index contributed by atoms with van der Waals surface area (Å²) in [6.45, 7) is 2.66. The van der Waals surface area contributed by atoms with Crippen molar-refractivity contribution >= 4 is 43.5 Å². The summed E-state index contributed by atoms with van der Waals surface area (Å²) in [6, 6.07) is 5.67. The van der Waals surface area contributed by atoms with Gasteiger partial charge in [-0.05, 0) is 53.0 Å². The molecule has 0 heterocycles. The number of amides is 1. The summed E-state index contributed by atoms with van der Waals surface area (Å²) in [5.41, 5.74) is 6.29. The van der Waals surface area contributed by atoms with Crippen molar-refractivity contribution in [2.24, 2.45) is 11.7 Å². The first-order chi connectivity index (χ1) is 8.02. The first-order valence-corrected chi connectivity index (χ1v) is 7.06. The molecule has 0 fully saturated rings. The lowest BCUT2D eigenvalue weighted by molar-refractivity contribution is -0.116. The van der Waals surface area contributed by atoms with Crippen LogP contribution in [0.1, 0.15) is 19.8 Å². The van der Waals surface area contributed by atoms with Gasteiger partial charge in [0, 0.05) is 15.4 Å². The van der Waals surface area contributed by atoms with Crippen LogP contribution in [0.25, 0.3) is 0 Å². The van der Waals surface area contributed by atoms with Crippen molar-refractivity contribution < 1.29 is 4.79 Å². The molecule has 0 spiro atoms. The Morgan fingerprint density at radius 3 is 2.82 bits per heavy atom. The fraction of sp³-hybridized carbons (Fsp3) is 0.417. The van der Waals surface area contributed by atoms with E-state index in [4.69, 9.17) is 5.73 Å². The molecule has 1 aromatic carbocycles. The van der Waals surface area contributed by atoms with E-state index in [-0.39, 0.29) is 5.91 Å². The molecule has 0 saturated heterocycles. The minimum atomic E-state index is 0.0177. The summed E-state index contributed by atoms with van der Waals surface area (Å²) in [5, 5.41) is 2.87. The quantitative estimate of drug-likeness (QED) is 0.840. The minimum absolute atomic E-state index is 0.0177. The van der Waals surface area contributed by atoms with Gasteiger partial charge >= 0.3 is 0 Å². The van der Waals surface area contributed by atoms with E-state index in [1.54, 1.807) is 0 Å². The highest BCUT2D eigenvalue weighted by Crippen LogP contribution is 2.26. The van der Waals surface area contributed by atoms with E-state index in [9.17, 15) is 4.79 Å². The van der Waals surface area contributed by atoms with Gasteiger partial charge in [0.25, 0.3) is 0 Å². The summed E-state index contributed by atoms with van der Waals surface area (Å²) in [5.74, 6) is 0.399. The lowest BCUT2D eigenvalue weighted by Gasteiger charge is -2.10. The highest BCUT2D eigenvalue weighted by Gasteiger charge is 2.08. The van der Waals surface area contributed by atoms with Crippen molar-refractivity contribution in [3.63, 3.8) is 0 Å². The molecular weight excluding hydrogens is 348 g/mol. The van der Waals surface area contributed by atoms with Gasteiger partial charge in [-0.25, -0.2) is 0 Å². The molecule has 3 N–H and O–H groups in total. The van der Waals surface area contributed by atoms with Gasteiger partial charge in [0.05, 0.1) is 5.69 Å². The Morgan fingerprint density at radius 1 is 1.47 bits per heavy atom. The first-order valence-electron chi connectivity index (χ1n) is 5.48. The summed E-state index contributed by atoms with van der Waals surface area (Å²) < 4.78 is 1.81. The van der Waals surface area contributed by atoms with Gasteiger partial charge in [0.15, 0.2) is 0 Å². The number of halogens is 2. The Kier molecular flexibility index (Phi) is 6.16. The Hall–Kier alpha value is -0.390. The second-order valence-corrected chi connectivity index (χ2v) is 5.82. The number of anilines is 1. The average molecular weight is 364 g/mol. The van der Waals surface area contributed by atoms with Gasteiger partial charge < -0.3 is 11.1 Å². The maximum Gasteiger partial charge on any atom is 0.224 e. The van der Waals surface area contributed by atoms with Gasteiger partial charge in [0.1, 0.15) is 0 Å². The third-order valence-electron chi connectivity index (χ3n) is 2.47. The second-order valence-electron chi connectivity index (χ2n) is 4.05. The zero-order chi connectivity index (χ0) is 12.8. The predicted molar refractivity (Wildman–Crippen MR) is 77.9 cm³/mol. The third-order valence-corrected chi connectivity index (χ3v) is 3.65. The zero-order valence-corrected chi connectivity index (χ0v) is 12.8. The minimum Gasteiger partial charge on any atom is -0.330 e. The Bertz CT molecular complexity index is 396. The van der Waals surface area contributed by atoms with E-state index in [0.29, 0.717) is 18.9 Å². The summed E-state index contributed by atoms with van der Waals surface area (Å²) in [7, 11) is 0. The molecule has 3 nitrogen and oxygen atoms in total. The molecule has 0 bridgehead atoms. The molecule has 94 valence electrons. The van der Waals surface area contributed by atoms with Gasteiger partial charge in [-0.1, -0.05) is 22.9 Å². The molecule has 0 aromatic heterocycles. The zero-order valence-electron chi connectivity index (χ0n) is 9.67. The monoisotopic (exact) mass is 362 g/mol. The number of carbonyl (C=O) groups is 1. The number of nitrogens with two attached hydrogens (primary N) is 1. The van der Waals surface area contributed by atoms with Crippen LogP contribution in [0.5, 0.6) is 0 Å². The van der Waals surface area contributed by atoms with Gasteiger partial charge in [-0.3, -0.25) is 4.79 Å². The van der Waals surface area contributed by atoms with E-state index in [0.717, 1.165) is 21.1 Å². The summed E-state index contributed by atoms with van der Waals surface area (Å²) in [4.78, 5) is 11.7. The maximum absolute atomic E-state index is 11.7. The lowest BCUT2D eigenvalue weighted by atomic mass is 10.1. The largest absolute Gasteiger partial charge is 0.330 e. The molecule has 17 heavy (non-hydrogen) atoms. The number of carbonyl (C=O) groups excluding carboxylic acids is 1. The molecule has 1 unspecified atom stereocenters. The number of nitrogens with one attached hydrogen (secondary N) is 1. The maximum atomic E-state index is 11.7. The van der Waals surface area contributed by atoms with E-state index in [1.165, 1.54) is 0 Å². The van der Waals surface area contributed by atoms with E-state index in [1.807, 2.05) is 25.1 Å². The van der Waals surface area contributed by atoms with Gasteiger partial charge in [-0.15, -0.1) is 0 Å². The molecule has 1 amide bonds. The van der Waals surface area contributed by atoms with Crippen LogP contribution in [0, 0.1) is 5.92 Å². The van der Waals surface area contributed by atoms with Crippen molar-refractivity contribution in [2.45, 2.75) is 19.8 Å². The second kappa shape index (κ2) is 7.13. The van der Waals surface area contributed by atoms with Crippen molar-refractivity contribution in [2.75, 3.05) is 11.9 Å². The number of rotatable bonds is 5. The normalized spacial score (nSPS) is 12.2. The Morgan fingerprint density at radius 2 is 2.18 bits per heavy atom. The van der Waals surface area contributed by atoms with Crippen LogP contribution in [0.3, 0.4) is 0 Å². The van der Waals surface area contributed by atoms with E-state index < -0.39 is 0 Å². The van der Waals surface area contributed by atoms with Crippen LogP contribution < -0.4 is 11.1 Å². The SMILES string of the molecule is CC(CN)CCC(=O)Nc1cc(Br)ccc1Br. The molecule has 1 atom stereocenters. The topological polar surface area (TPSA) is 55.1 Å². The molecule has 5 heteroatoms. The van der Waals surface area contributed by atoms with Crippen LogP contribution in [-0.4, -0.2) is 12.5 Å². The van der Waals surface area contributed by atoms with Crippen molar-refractivity contribution in [1.29, 1.82) is 0 Å². The smallest absolute Gasteiger partial charge is 0.224 e.